The second-order valence-corrected chi connectivity index (χ2v) is 18.9. The smallest absolute Gasteiger partial charge is 0.407 e. The van der Waals surface area contributed by atoms with E-state index in [9.17, 15) is 14.3 Å². The minimum absolute atomic E-state index is 0.0161. The molecule has 0 heterocycles. The molecule has 4 rings (SSSR count). The number of carbonyl (C=O) groups excluding carboxylic acids is 1. The van der Waals surface area contributed by atoms with E-state index in [1.807, 2.05) is 0 Å². The number of fused-ring (bicyclic) bond motifs is 5. The Hall–Kier alpha value is -0.920. The van der Waals surface area contributed by atoms with Crippen molar-refractivity contribution in [3.8, 4) is 0 Å². The SMILES string of the molecule is CC(C)CCCC(C)C1CCC2C3CC=C4CC(OC(=O)NCCCOCCOCCOP(=O)([O-])C(C)C)CCC4(C)C3CCC12C. The van der Waals surface area contributed by atoms with Crippen LogP contribution in [0.15, 0.2) is 11.6 Å². The van der Waals surface area contributed by atoms with Crippen molar-refractivity contribution in [1.82, 2.24) is 5.32 Å². The van der Waals surface area contributed by atoms with Crippen molar-refractivity contribution in [1.29, 1.82) is 0 Å². The standard InChI is InChI=1S/C38H68NO7P/c1-27(2)10-8-11-29(5)33-14-15-34-32-13-12-30-26-31(16-18-37(30,6)35(32)17-19-38(33,34)7)46-36(40)39-20-9-21-43-22-23-44-24-25-45-47(41,42)28(3)4/h12,27-29,31-35H,8-11,13-26H2,1-7H3,(H,39,40)(H,41,42)/p-1. The Morgan fingerprint density at radius 1 is 0.936 bits per heavy atom. The number of nitrogens with one attached hydrogen (secondary N) is 1. The zero-order valence-corrected chi connectivity index (χ0v) is 31.6. The molecule has 47 heavy (non-hydrogen) atoms. The van der Waals surface area contributed by atoms with Gasteiger partial charge in [-0.2, -0.15) is 0 Å². The topological polar surface area (TPSA) is 106 Å². The highest BCUT2D eigenvalue weighted by molar-refractivity contribution is 7.52. The molecule has 9 heteroatoms. The van der Waals surface area contributed by atoms with Gasteiger partial charge in [0.25, 0.3) is 0 Å². The molecule has 0 aliphatic heterocycles. The number of hydrogen-bond acceptors (Lipinski definition) is 7. The molecule has 1 N–H and O–H groups in total. The lowest BCUT2D eigenvalue weighted by atomic mass is 9.47. The number of hydrogen-bond donors (Lipinski definition) is 1. The minimum atomic E-state index is -3.80. The molecule has 9 unspecified atom stereocenters. The molecule has 3 fully saturated rings. The van der Waals surface area contributed by atoms with Crippen molar-refractivity contribution in [3.05, 3.63) is 11.6 Å². The Bertz CT molecular complexity index is 1080. The first kappa shape index (κ1) is 38.9. The van der Waals surface area contributed by atoms with Gasteiger partial charge in [0.1, 0.15) is 13.7 Å². The molecule has 4 aliphatic rings. The second kappa shape index (κ2) is 17.3. The Kier molecular flexibility index (Phi) is 14.3. The highest BCUT2D eigenvalue weighted by Crippen LogP contribution is 2.67. The van der Waals surface area contributed by atoms with Gasteiger partial charge in [-0.25, -0.2) is 4.79 Å². The molecule has 0 bridgehead atoms. The van der Waals surface area contributed by atoms with E-state index in [-0.39, 0.29) is 30.8 Å². The molecule has 0 saturated heterocycles. The third-order valence-electron chi connectivity index (χ3n) is 12.8. The fourth-order valence-corrected chi connectivity index (χ4v) is 10.6. The van der Waals surface area contributed by atoms with Crippen LogP contribution in [0.1, 0.15) is 126 Å². The summed E-state index contributed by atoms with van der Waals surface area (Å²) in [5, 5.41) is 2.89. The number of alkyl carbamates (subject to hydrolysis) is 1. The normalized spacial score (nSPS) is 33.8. The maximum Gasteiger partial charge on any atom is 0.407 e. The summed E-state index contributed by atoms with van der Waals surface area (Å²) in [5.74, 6) is 4.98. The molecular weight excluding hydrogens is 613 g/mol. The maximum atomic E-state index is 12.6. The van der Waals surface area contributed by atoms with Crippen LogP contribution in [-0.4, -0.2) is 57.4 Å². The van der Waals surface area contributed by atoms with Gasteiger partial charge in [-0.3, -0.25) is 0 Å². The number of rotatable bonds is 18. The predicted molar refractivity (Wildman–Crippen MR) is 186 cm³/mol. The summed E-state index contributed by atoms with van der Waals surface area (Å²) in [6, 6.07) is 0. The van der Waals surface area contributed by atoms with Crippen LogP contribution in [0.25, 0.3) is 0 Å². The molecule has 9 atom stereocenters. The van der Waals surface area contributed by atoms with Crippen molar-refractivity contribution in [2.75, 3.05) is 39.6 Å². The maximum absolute atomic E-state index is 12.6. The Labute approximate surface area is 286 Å². The average molecular weight is 681 g/mol. The van der Waals surface area contributed by atoms with Crippen LogP contribution in [0, 0.1) is 46.3 Å². The molecule has 272 valence electrons. The molecule has 0 aromatic rings. The van der Waals surface area contributed by atoms with Crippen LogP contribution in [0.3, 0.4) is 0 Å². The van der Waals surface area contributed by atoms with E-state index in [1.165, 1.54) is 51.4 Å². The summed E-state index contributed by atoms with van der Waals surface area (Å²) >= 11 is 0. The second-order valence-electron chi connectivity index (χ2n) is 16.5. The van der Waals surface area contributed by atoms with Crippen LogP contribution in [0.5, 0.6) is 0 Å². The highest BCUT2D eigenvalue weighted by Gasteiger charge is 2.59. The van der Waals surface area contributed by atoms with Crippen LogP contribution in [-0.2, 0) is 23.3 Å². The molecule has 8 nitrogen and oxygen atoms in total. The lowest BCUT2D eigenvalue weighted by Crippen LogP contribution is -2.51. The van der Waals surface area contributed by atoms with Gasteiger partial charge in [-0.1, -0.05) is 79.4 Å². The van der Waals surface area contributed by atoms with Gasteiger partial charge in [0.15, 0.2) is 0 Å². The van der Waals surface area contributed by atoms with Crippen LogP contribution >= 0.6 is 7.60 Å². The minimum Gasteiger partial charge on any atom is -0.778 e. The van der Waals surface area contributed by atoms with E-state index in [1.54, 1.807) is 19.4 Å². The number of allylic oxidation sites excluding steroid dienone is 1. The Morgan fingerprint density at radius 2 is 1.66 bits per heavy atom. The number of amides is 1. The molecule has 4 aliphatic carbocycles. The van der Waals surface area contributed by atoms with Crippen molar-refractivity contribution in [2.24, 2.45) is 46.3 Å². The third-order valence-corrected chi connectivity index (χ3v) is 14.6. The van der Waals surface area contributed by atoms with Crippen LogP contribution < -0.4 is 10.2 Å². The van der Waals surface area contributed by atoms with Crippen molar-refractivity contribution >= 4 is 13.7 Å². The Morgan fingerprint density at radius 3 is 2.38 bits per heavy atom. The molecule has 0 aromatic carbocycles. The summed E-state index contributed by atoms with van der Waals surface area (Å²) in [6.45, 7) is 17.6. The first-order valence-corrected chi connectivity index (χ1v) is 20.6. The van der Waals surface area contributed by atoms with Crippen molar-refractivity contribution in [3.63, 3.8) is 0 Å². The van der Waals surface area contributed by atoms with Gasteiger partial charge in [0.2, 0.25) is 0 Å². The van der Waals surface area contributed by atoms with E-state index in [0.717, 1.165) is 54.8 Å². The quantitative estimate of drug-likeness (QED) is 0.0879. The molecular formula is C38H67NO7P-. The lowest BCUT2D eigenvalue weighted by Gasteiger charge is -2.58. The summed E-state index contributed by atoms with van der Waals surface area (Å²) in [6.07, 6.45) is 16.8. The summed E-state index contributed by atoms with van der Waals surface area (Å²) < 4.78 is 33.3. The number of carbonyl (C=O) groups is 1. The van der Waals surface area contributed by atoms with Crippen LogP contribution in [0.2, 0.25) is 0 Å². The molecule has 3 saturated carbocycles. The molecule has 0 spiro atoms. The summed E-state index contributed by atoms with van der Waals surface area (Å²) in [5.41, 5.74) is 1.77. The van der Waals surface area contributed by atoms with E-state index >= 15 is 0 Å². The summed E-state index contributed by atoms with van der Waals surface area (Å²) in [4.78, 5) is 24.2. The van der Waals surface area contributed by atoms with Gasteiger partial charge >= 0.3 is 6.09 Å². The highest BCUT2D eigenvalue weighted by atomic mass is 31.2. The average Bonchev–Trinajstić information content (AvgIpc) is 3.37. The zero-order valence-electron chi connectivity index (χ0n) is 30.7. The molecule has 1 amide bonds. The van der Waals surface area contributed by atoms with E-state index in [2.05, 4.69) is 46.0 Å². The van der Waals surface area contributed by atoms with E-state index < -0.39 is 13.3 Å². The summed E-state index contributed by atoms with van der Waals surface area (Å²) in [7, 11) is -3.80. The molecule has 0 aromatic heterocycles. The fraction of sp³-hybridized carbons (Fsp3) is 0.921. The predicted octanol–water partition coefficient (Wildman–Crippen LogP) is 8.52. The molecule has 0 radical (unpaired) electrons. The first-order chi connectivity index (χ1) is 22.3. The van der Waals surface area contributed by atoms with E-state index in [0.29, 0.717) is 38.2 Å². The van der Waals surface area contributed by atoms with Gasteiger partial charge < -0.3 is 33.5 Å². The number of ether oxygens (including phenoxy) is 3. The van der Waals surface area contributed by atoms with Crippen LogP contribution in [0.4, 0.5) is 4.79 Å². The van der Waals surface area contributed by atoms with Gasteiger partial charge in [-0.15, -0.1) is 0 Å². The van der Waals surface area contributed by atoms with Crippen molar-refractivity contribution < 1.29 is 33.0 Å². The van der Waals surface area contributed by atoms with Crippen molar-refractivity contribution in [2.45, 2.75) is 137 Å². The van der Waals surface area contributed by atoms with Gasteiger partial charge in [0.05, 0.1) is 26.4 Å². The first-order valence-electron chi connectivity index (χ1n) is 19.0. The largest absolute Gasteiger partial charge is 0.778 e. The monoisotopic (exact) mass is 680 g/mol. The lowest BCUT2D eigenvalue weighted by molar-refractivity contribution is -0.201. The zero-order chi connectivity index (χ0) is 34.2. The van der Waals surface area contributed by atoms with Gasteiger partial charge in [0, 0.05) is 25.2 Å². The van der Waals surface area contributed by atoms with E-state index in [4.69, 9.17) is 18.7 Å². The Balaban J connectivity index is 1.13. The fourth-order valence-electron chi connectivity index (χ4n) is 10.0. The van der Waals surface area contributed by atoms with Gasteiger partial charge in [-0.05, 0) is 97.7 Å². The third kappa shape index (κ3) is 9.87.